The van der Waals surface area contributed by atoms with Gasteiger partial charge in [-0.3, -0.25) is 0 Å². The molecule has 0 saturated carbocycles. The van der Waals surface area contributed by atoms with Crippen LogP contribution in [0, 0.1) is 0 Å². The van der Waals surface area contributed by atoms with Crippen LogP contribution in [0.2, 0.25) is 0 Å². The predicted molar refractivity (Wildman–Crippen MR) is 48.9 cm³/mol. The van der Waals surface area contributed by atoms with Gasteiger partial charge in [-0.1, -0.05) is 0 Å². The van der Waals surface area contributed by atoms with E-state index in [-0.39, 0.29) is 11.4 Å². The predicted octanol–water partition coefficient (Wildman–Crippen LogP) is 0.632. The Balaban J connectivity index is 2.94. The number of carboxylic acid groups (broad SMARTS) is 2. The standard InChI is InChI=1S/C9H9NO5/c1-5(8(11)12)15-7-6(9(13)14)3-2-4-10-7/h2-5H,1H3,(H,11,12)(H,13,14). The summed E-state index contributed by atoms with van der Waals surface area (Å²) in [5, 5.41) is 17.3. The second kappa shape index (κ2) is 4.41. The summed E-state index contributed by atoms with van der Waals surface area (Å²) in [5.41, 5.74) is -0.161. The van der Waals surface area contributed by atoms with E-state index in [0.29, 0.717) is 0 Å². The van der Waals surface area contributed by atoms with Crippen LogP contribution >= 0.6 is 0 Å². The first-order valence-electron chi connectivity index (χ1n) is 4.10. The van der Waals surface area contributed by atoms with Gasteiger partial charge in [0.15, 0.2) is 6.10 Å². The molecule has 6 heteroatoms. The van der Waals surface area contributed by atoms with Crippen LogP contribution in [0.15, 0.2) is 18.3 Å². The van der Waals surface area contributed by atoms with E-state index in [1.807, 2.05) is 0 Å². The Kier molecular flexibility index (Phi) is 3.22. The third kappa shape index (κ3) is 2.67. The first kappa shape index (κ1) is 11.0. The lowest BCUT2D eigenvalue weighted by Gasteiger charge is -2.10. The Hall–Kier alpha value is -2.11. The van der Waals surface area contributed by atoms with Crippen LogP contribution in [-0.2, 0) is 4.79 Å². The van der Waals surface area contributed by atoms with E-state index in [9.17, 15) is 9.59 Å². The van der Waals surface area contributed by atoms with Crippen molar-refractivity contribution in [3.05, 3.63) is 23.9 Å². The van der Waals surface area contributed by atoms with Crippen LogP contribution in [0.4, 0.5) is 0 Å². The first-order valence-corrected chi connectivity index (χ1v) is 4.10. The number of carbonyl (C=O) groups is 2. The molecule has 1 unspecified atom stereocenters. The Morgan fingerprint density at radius 1 is 1.47 bits per heavy atom. The molecule has 0 radical (unpaired) electrons. The quantitative estimate of drug-likeness (QED) is 0.758. The van der Waals surface area contributed by atoms with E-state index in [4.69, 9.17) is 14.9 Å². The summed E-state index contributed by atoms with van der Waals surface area (Å²) in [6.45, 7) is 1.29. The summed E-state index contributed by atoms with van der Waals surface area (Å²) in [6.07, 6.45) is 0.189. The molecule has 6 nitrogen and oxygen atoms in total. The van der Waals surface area contributed by atoms with Crippen molar-refractivity contribution >= 4 is 11.9 Å². The van der Waals surface area contributed by atoms with Gasteiger partial charge in [-0.05, 0) is 19.1 Å². The third-order valence-electron chi connectivity index (χ3n) is 1.64. The summed E-state index contributed by atoms with van der Waals surface area (Å²) in [4.78, 5) is 24.8. The van der Waals surface area contributed by atoms with Crippen LogP contribution in [0.1, 0.15) is 17.3 Å². The number of nitrogens with zero attached hydrogens (tertiary/aromatic N) is 1. The van der Waals surface area contributed by atoms with Crippen molar-refractivity contribution < 1.29 is 24.5 Å². The Labute approximate surface area is 85.1 Å². The normalized spacial score (nSPS) is 11.8. The van der Waals surface area contributed by atoms with Gasteiger partial charge in [0, 0.05) is 6.20 Å². The van der Waals surface area contributed by atoms with Gasteiger partial charge < -0.3 is 14.9 Å². The van der Waals surface area contributed by atoms with E-state index in [1.165, 1.54) is 25.3 Å². The van der Waals surface area contributed by atoms with Gasteiger partial charge in [0.25, 0.3) is 0 Å². The van der Waals surface area contributed by atoms with Crippen molar-refractivity contribution in [2.24, 2.45) is 0 Å². The van der Waals surface area contributed by atoms with Crippen molar-refractivity contribution in [3.8, 4) is 5.88 Å². The Bertz CT molecular complexity index is 390. The zero-order chi connectivity index (χ0) is 11.4. The largest absolute Gasteiger partial charge is 0.479 e. The zero-order valence-corrected chi connectivity index (χ0v) is 7.88. The van der Waals surface area contributed by atoms with Gasteiger partial charge >= 0.3 is 11.9 Å². The highest BCUT2D eigenvalue weighted by Gasteiger charge is 2.18. The lowest BCUT2D eigenvalue weighted by molar-refractivity contribution is -0.144. The van der Waals surface area contributed by atoms with E-state index in [2.05, 4.69) is 4.98 Å². The number of ether oxygens (including phenoxy) is 1. The second-order valence-corrected chi connectivity index (χ2v) is 2.76. The van der Waals surface area contributed by atoms with Crippen LogP contribution in [-0.4, -0.2) is 33.2 Å². The van der Waals surface area contributed by atoms with Crippen LogP contribution in [0.3, 0.4) is 0 Å². The molecule has 2 N–H and O–H groups in total. The fourth-order valence-corrected chi connectivity index (χ4v) is 0.865. The molecular weight excluding hydrogens is 202 g/mol. The van der Waals surface area contributed by atoms with Gasteiger partial charge in [-0.2, -0.15) is 0 Å². The minimum Gasteiger partial charge on any atom is -0.479 e. The molecule has 0 aliphatic rings. The minimum absolute atomic E-state index is 0.161. The average Bonchev–Trinajstić information content (AvgIpc) is 2.18. The number of hydrogen-bond acceptors (Lipinski definition) is 4. The molecule has 0 aromatic carbocycles. The molecule has 1 aromatic heterocycles. The number of aromatic carboxylic acids is 1. The number of hydrogen-bond donors (Lipinski definition) is 2. The molecule has 0 amide bonds. The minimum atomic E-state index is -1.21. The maximum absolute atomic E-state index is 10.7. The summed E-state index contributed by atoms with van der Waals surface area (Å²) in [6, 6.07) is 2.72. The Morgan fingerprint density at radius 2 is 2.13 bits per heavy atom. The molecule has 1 aromatic rings. The molecule has 15 heavy (non-hydrogen) atoms. The zero-order valence-electron chi connectivity index (χ0n) is 7.88. The van der Waals surface area contributed by atoms with Crippen molar-refractivity contribution in [1.82, 2.24) is 4.98 Å². The van der Waals surface area contributed by atoms with Gasteiger partial charge in [0.2, 0.25) is 5.88 Å². The highest BCUT2D eigenvalue weighted by Crippen LogP contribution is 2.15. The smallest absolute Gasteiger partial charge is 0.344 e. The maximum atomic E-state index is 10.7. The van der Waals surface area contributed by atoms with E-state index < -0.39 is 18.0 Å². The van der Waals surface area contributed by atoms with Crippen molar-refractivity contribution in [2.45, 2.75) is 13.0 Å². The molecule has 0 aliphatic heterocycles. The molecule has 1 rings (SSSR count). The molecule has 0 aliphatic carbocycles. The van der Waals surface area contributed by atoms with E-state index in [0.717, 1.165) is 0 Å². The third-order valence-corrected chi connectivity index (χ3v) is 1.64. The lowest BCUT2D eigenvalue weighted by Crippen LogP contribution is -2.24. The highest BCUT2D eigenvalue weighted by atomic mass is 16.5. The summed E-state index contributed by atoms with van der Waals surface area (Å²) in [7, 11) is 0. The topological polar surface area (TPSA) is 96.7 Å². The van der Waals surface area contributed by atoms with Crippen molar-refractivity contribution in [1.29, 1.82) is 0 Å². The number of aliphatic carboxylic acids is 1. The number of carboxylic acids is 2. The molecule has 1 atom stereocenters. The molecule has 1 heterocycles. The highest BCUT2D eigenvalue weighted by molar-refractivity contribution is 5.90. The number of rotatable bonds is 4. The molecule has 0 saturated heterocycles. The summed E-state index contributed by atoms with van der Waals surface area (Å²) >= 11 is 0. The van der Waals surface area contributed by atoms with Crippen molar-refractivity contribution in [3.63, 3.8) is 0 Å². The van der Waals surface area contributed by atoms with Crippen LogP contribution in [0.5, 0.6) is 5.88 Å². The fourth-order valence-electron chi connectivity index (χ4n) is 0.865. The number of pyridine rings is 1. The van der Waals surface area contributed by atoms with Gasteiger partial charge in [0.05, 0.1) is 0 Å². The number of aromatic nitrogens is 1. The van der Waals surface area contributed by atoms with E-state index >= 15 is 0 Å². The molecule has 80 valence electrons. The second-order valence-electron chi connectivity index (χ2n) is 2.76. The van der Waals surface area contributed by atoms with Gasteiger partial charge in [-0.15, -0.1) is 0 Å². The fraction of sp³-hybridized carbons (Fsp3) is 0.222. The Morgan fingerprint density at radius 3 is 2.67 bits per heavy atom. The summed E-state index contributed by atoms with van der Waals surface area (Å²) < 4.78 is 4.88. The van der Waals surface area contributed by atoms with Crippen LogP contribution < -0.4 is 4.74 Å². The SMILES string of the molecule is CC(Oc1ncccc1C(=O)O)C(=O)O. The molecular formula is C9H9NO5. The van der Waals surface area contributed by atoms with Crippen LogP contribution in [0.25, 0.3) is 0 Å². The molecule has 0 fully saturated rings. The van der Waals surface area contributed by atoms with Gasteiger partial charge in [-0.25, -0.2) is 14.6 Å². The van der Waals surface area contributed by atoms with Crippen molar-refractivity contribution in [2.75, 3.05) is 0 Å². The first-order chi connectivity index (χ1) is 7.02. The molecule has 0 bridgehead atoms. The monoisotopic (exact) mass is 211 g/mol. The van der Waals surface area contributed by atoms with E-state index in [1.54, 1.807) is 0 Å². The van der Waals surface area contributed by atoms with Gasteiger partial charge in [0.1, 0.15) is 5.56 Å². The lowest BCUT2D eigenvalue weighted by atomic mass is 10.3. The average molecular weight is 211 g/mol. The molecule has 0 spiro atoms. The summed E-state index contributed by atoms with van der Waals surface area (Å²) in [5.74, 6) is -2.59. The maximum Gasteiger partial charge on any atom is 0.344 e.